The Labute approximate surface area is 146 Å². The third-order valence-electron chi connectivity index (χ3n) is 3.64. The molecule has 0 radical (unpaired) electrons. The standard InChI is InChI=1S/C14H17ClN4O4S/c1-14(9-24(22)23,13(20)18-21)4-5-19-8-10(6-17-19)12-3-2-11(15)7-16-12/h2-3,6-8,21H,4-5,9H2,1H3,(H,18,20)(H,22,23). The van der Waals surface area contributed by atoms with Gasteiger partial charge in [0.15, 0.2) is 11.1 Å². The average molecular weight is 373 g/mol. The van der Waals surface area contributed by atoms with Crippen molar-refractivity contribution < 1.29 is 18.8 Å². The molecule has 2 aromatic rings. The first-order valence-corrected chi connectivity index (χ1v) is 8.66. The second kappa shape index (κ2) is 7.84. The molecule has 0 aliphatic rings. The van der Waals surface area contributed by atoms with Gasteiger partial charge in [0.1, 0.15) is 0 Å². The lowest BCUT2D eigenvalue weighted by Crippen LogP contribution is -2.42. The van der Waals surface area contributed by atoms with E-state index in [2.05, 4.69) is 10.1 Å². The van der Waals surface area contributed by atoms with Crippen LogP contribution in [-0.2, 0) is 22.4 Å². The molecule has 0 bridgehead atoms. The van der Waals surface area contributed by atoms with Gasteiger partial charge in [0.2, 0.25) is 5.91 Å². The highest BCUT2D eigenvalue weighted by molar-refractivity contribution is 7.79. The molecule has 0 saturated carbocycles. The molecule has 2 rings (SSSR count). The molecule has 2 heterocycles. The van der Waals surface area contributed by atoms with Crippen LogP contribution < -0.4 is 5.48 Å². The van der Waals surface area contributed by atoms with E-state index in [4.69, 9.17) is 21.4 Å². The van der Waals surface area contributed by atoms with Crippen molar-refractivity contribution in [2.24, 2.45) is 5.41 Å². The van der Waals surface area contributed by atoms with Crippen LogP contribution in [0.15, 0.2) is 30.7 Å². The van der Waals surface area contributed by atoms with Crippen molar-refractivity contribution in [1.29, 1.82) is 0 Å². The van der Waals surface area contributed by atoms with Crippen LogP contribution in [0.1, 0.15) is 13.3 Å². The molecule has 0 aliphatic heterocycles. The molecule has 24 heavy (non-hydrogen) atoms. The summed E-state index contributed by atoms with van der Waals surface area (Å²) in [6.07, 6.45) is 5.14. The Morgan fingerprint density at radius 2 is 2.21 bits per heavy atom. The number of amides is 1. The fourth-order valence-electron chi connectivity index (χ4n) is 2.18. The highest BCUT2D eigenvalue weighted by Crippen LogP contribution is 2.24. The van der Waals surface area contributed by atoms with Gasteiger partial charge in [-0.05, 0) is 25.5 Å². The first-order chi connectivity index (χ1) is 11.3. The Kier molecular flexibility index (Phi) is 6.05. The van der Waals surface area contributed by atoms with Crippen molar-refractivity contribution >= 4 is 28.6 Å². The minimum Gasteiger partial charge on any atom is -0.306 e. The maximum atomic E-state index is 11.8. The zero-order chi connectivity index (χ0) is 17.7. The predicted molar refractivity (Wildman–Crippen MR) is 88.8 cm³/mol. The van der Waals surface area contributed by atoms with Crippen molar-refractivity contribution in [3.8, 4) is 11.3 Å². The van der Waals surface area contributed by atoms with Crippen molar-refractivity contribution in [3.05, 3.63) is 35.7 Å². The summed E-state index contributed by atoms with van der Waals surface area (Å²) in [4.78, 5) is 16.0. The van der Waals surface area contributed by atoms with E-state index in [-0.39, 0.29) is 12.2 Å². The average Bonchev–Trinajstić information content (AvgIpc) is 3.01. The Hall–Kier alpha value is -1.81. The Bertz CT molecular complexity index is 737. The lowest BCUT2D eigenvalue weighted by Gasteiger charge is -2.25. The molecule has 0 saturated heterocycles. The van der Waals surface area contributed by atoms with E-state index >= 15 is 0 Å². The number of hydrogen-bond donors (Lipinski definition) is 3. The summed E-state index contributed by atoms with van der Waals surface area (Å²) in [5.41, 5.74) is 1.84. The van der Waals surface area contributed by atoms with Crippen molar-refractivity contribution in [2.45, 2.75) is 19.9 Å². The van der Waals surface area contributed by atoms with Crippen LogP contribution >= 0.6 is 11.6 Å². The van der Waals surface area contributed by atoms with Gasteiger partial charge in [0.05, 0.1) is 28.1 Å². The molecule has 2 atom stereocenters. The summed E-state index contributed by atoms with van der Waals surface area (Å²) < 4.78 is 21.8. The maximum absolute atomic E-state index is 11.8. The van der Waals surface area contributed by atoms with E-state index < -0.39 is 22.4 Å². The molecular weight excluding hydrogens is 356 g/mol. The number of hydrogen-bond acceptors (Lipinski definition) is 5. The van der Waals surface area contributed by atoms with Crippen LogP contribution in [0.3, 0.4) is 0 Å². The van der Waals surface area contributed by atoms with Gasteiger partial charge >= 0.3 is 0 Å². The van der Waals surface area contributed by atoms with Gasteiger partial charge in [-0.2, -0.15) is 5.10 Å². The van der Waals surface area contributed by atoms with Gasteiger partial charge in [0.25, 0.3) is 0 Å². The van der Waals surface area contributed by atoms with E-state index in [1.165, 1.54) is 13.1 Å². The number of halogens is 1. The largest absolute Gasteiger partial charge is 0.306 e. The summed E-state index contributed by atoms with van der Waals surface area (Å²) in [6, 6.07) is 3.49. The summed E-state index contributed by atoms with van der Waals surface area (Å²) in [5.74, 6) is -0.997. The first-order valence-electron chi connectivity index (χ1n) is 7.00. The van der Waals surface area contributed by atoms with Gasteiger partial charge in [-0.15, -0.1) is 0 Å². The molecular formula is C14H17ClN4O4S. The summed E-state index contributed by atoms with van der Waals surface area (Å²) >= 11 is 3.64. The predicted octanol–water partition coefficient (Wildman–Crippen LogP) is 1.72. The number of carbonyl (C=O) groups excluding carboxylic acids is 1. The van der Waals surface area contributed by atoms with Gasteiger partial charge < -0.3 is 4.55 Å². The molecule has 2 unspecified atom stereocenters. The molecule has 0 aromatic carbocycles. The van der Waals surface area contributed by atoms with Crippen molar-refractivity contribution in [1.82, 2.24) is 20.2 Å². The highest BCUT2D eigenvalue weighted by atomic mass is 35.5. The number of carbonyl (C=O) groups is 1. The molecule has 3 N–H and O–H groups in total. The van der Waals surface area contributed by atoms with Crippen LogP contribution in [0, 0.1) is 5.41 Å². The van der Waals surface area contributed by atoms with E-state index in [0.29, 0.717) is 17.3 Å². The summed E-state index contributed by atoms with van der Waals surface area (Å²) in [7, 11) is 0. The molecule has 2 aromatic heterocycles. The number of nitrogens with one attached hydrogen (secondary N) is 1. The van der Waals surface area contributed by atoms with Crippen LogP contribution in [0.5, 0.6) is 0 Å². The maximum Gasteiger partial charge on any atom is 0.250 e. The van der Waals surface area contributed by atoms with E-state index in [9.17, 15) is 9.00 Å². The molecule has 0 fully saturated rings. The van der Waals surface area contributed by atoms with Gasteiger partial charge in [-0.1, -0.05) is 11.6 Å². The lowest BCUT2D eigenvalue weighted by atomic mass is 9.88. The molecule has 0 spiro atoms. The number of rotatable bonds is 7. The Morgan fingerprint density at radius 3 is 2.79 bits per heavy atom. The zero-order valence-corrected chi connectivity index (χ0v) is 14.4. The third-order valence-corrected chi connectivity index (χ3v) is 4.75. The summed E-state index contributed by atoms with van der Waals surface area (Å²) in [5, 5.41) is 13.6. The fourth-order valence-corrected chi connectivity index (χ4v) is 3.12. The molecule has 10 heteroatoms. The monoisotopic (exact) mass is 372 g/mol. The molecule has 0 aliphatic carbocycles. The quantitative estimate of drug-likeness (QED) is 0.387. The number of hydroxylamine groups is 1. The lowest BCUT2D eigenvalue weighted by molar-refractivity contribution is -0.138. The number of pyridine rings is 1. The second-order valence-electron chi connectivity index (χ2n) is 5.57. The van der Waals surface area contributed by atoms with Crippen LogP contribution in [0.25, 0.3) is 11.3 Å². The fraction of sp³-hybridized carbons (Fsp3) is 0.357. The number of aryl methyl sites for hydroxylation is 1. The smallest absolute Gasteiger partial charge is 0.250 e. The van der Waals surface area contributed by atoms with Crippen molar-refractivity contribution in [3.63, 3.8) is 0 Å². The highest BCUT2D eigenvalue weighted by Gasteiger charge is 2.35. The molecule has 1 amide bonds. The normalized spacial score (nSPS) is 14.8. The number of nitrogens with zero attached hydrogens (tertiary/aromatic N) is 3. The molecule has 8 nitrogen and oxygen atoms in total. The third kappa shape index (κ3) is 4.60. The second-order valence-corrected chi connectivity index (χ2v) is 6.94. The van der Waals surface area contributed by atoms with Gasteiger partial charge in [0, 0.05) is 24.5 Å². The van der Waals surface area contributed by atoms with E-state index in [0.717, 1.165) is 5.56 Å². The molecule has 130 valence electrons. The van der Waals surface area contributed by atoms with E-state index in [1.807, 2.05) is 0 Å². The van der Waals surface area contributed by atoms with Crippen LogP contribution in [0.2, 0.25) is 5.02 Å². The van der Waals surface area contributed by atoms with Crippen LogP contribution in [-0.4, -0.2) is 40.4 Å². The Balaban J connectivity index is 2.09. The van der Waals surface area contributed by atoms with Crippen molar-refractivity contribution in [2.75, 3.05) is 5.75 Å². The van der Waals surface area contributed by atoms with E-state index in [1.54, 1.807) is 34.7 Å². The Morgan fingerprint density at radius 1 is 1.46 bits per heavy atom. The van der Waals surface area contributed by atoms with Crippen LogP contribution in [0.4, 0.5) is 0 Å². The van der Waals surface area contributed by atoms with Gasteiger partial charge in [-0.3, -0.25) is 19.7 Å². The van der Waals surface area contributed by atoms with Gasteiger partial charge in [-0.25, -0.2) is 9.69 Å². The zero-order valence-electron chi connectivity index (χ0n) is 12.8. The minimum atomic E-state index is -2.17. The summed E-state index contributed by atoms with van der Waals surface area (Å²) in [6.45, 7) is 1.84. The topological polar surface area (TPSA) is 117 Å². The SMILES string of the molecule is CC(CCn1cc(-c2ccc(Cl)cn2)cn1)(CS(=O)O)C(=O)NO. The number of aromatic nitrogens is 3. The first kappa shape index (κ1) is 18.5. The minimum absolute atomic E-state index is 0.223.